The maximum Gasteiger partial charge on any atom is 0.261 e. The van der Waals surface area contributed by atoms with Crippen molar-refractivity contribution in [1.82, 2.24) is 14.5 Å². The lowest BCUT2D eigenvalue weighted by Gasteiger charge is -2.37. The van der Waals surface area contributed by atoms with E-state index in [1.165, 1.54) is 5.69 Å². The van der Waals surface area contributed by atoms with Crippen LogP contribution in [-0.4, -0.2) is 58.4 Å². The normalized spacial score (nSPS) is 16.4. The number of nitrogens with zero attached hydrogens (tertiary/aromatic N) is 4. The molecule has 0 aliphatic carbocycles. The van der Waals surface area contributed by atoms with Crippen LogP contribution >= 0.6 is 0 Å². The third kappa shape index (κ3) is 3.93. The van der Waals surface area contributed by atoms with Gasteiger partial charge in [0.15, 0.2) is 0 Å². The standard InChI is InChI=1S/C22H26N4O2/c1-17-23-21-10-6-5-9-20(21)22(28)26(17)16-19(27)15-24-11-13-25(14-12-24)18-7-3-2-4-8-18/h2-10,19,27H,11-16H2,1H3. The predicted octanol–water partition coefficient (Wildman–Crippen LogP) is 1.89. The molecule has 146 valence electrons. The molecule has 2 aromatic carbocycles. The number of aryl methyl sites for hydroxylation is 1. The third-order valence-corrected chi connectivity index (χ3v) is 5.41. The van der Waals surface area contributed by atoms with Crippen LogP contribution in [0.25, 0.3) is 10.9 Å². The summed E-state index contributed by atoms with van der Waals surface area (Å²) in [6.45, 7) is 6.31. The highest BCUT2D eigenvalue weighted by atomic mass is 16.3. The summed E-state index contributed by atoms with van der Waals surface area (Å²) in [7, 11) is 0. The zero-order chi connectivity index (χ0) is 19.5. The third-order valence-electron chi connectivity index (χ3n) is 5.41. The number of hydrogen-bond donors (Lipinski definition) is 1. The molecule has 1 aliphatic heterocycles. The van der Waals surface area contributed by atoms with Gasteiger partial charge >= 0.3 is 0 Å². The van der Waals surface area contributed by atoms with Gasteiger partial charge in [0.2, 0.25) is 0 Å². The lowest BCUT2D eigenvalue weighted by molar-refractivity contribution is 0.0935. The molecule has 3 aromatic rings. The van der Waals surface area contributed by atoms with Crippen molar-refractivity contribution >= 4 is 16.6 Å². The van der Waals surface area contributed by atoms with Crippen LogP contribution in [0.4, 0.5) is 5.69 Å². The van der Waals surface area contributed by atoms with Crippen molar-refractivity contribution in [2.75, 3.05) is 37.6 Å². The molecule has 1 unspecified atom stereocenters. The Morgan fingerprint density at radius 1 is 0.964 bits per heavy atom. The van der Waals surface area contributed by atoms with E-state index in [9.17, 15) is 9.90 Å². The minimum Gasteiger partial charge on any atom is -0.390 e. The van der Waals surface area contributed by atoms with Crippen molar-refractivity contribution in [3.8, 4) is 0 Å². The zero-order valence-corrected chi connectivity index (χ0v) is 16.2. The van der Waals surface area contributed by atoms with E-state index in [2.05, 4.69) is 39.0 Å². The Morgan fingerprint density at radius 2 is 1.64 bits per heavy atom. The van der Waals surface area contributed by atoms with E-state index in [-0.39, 0.29) is 12.1 Å². The smallest absolute Gasteiger partial charge is 0.261 e. The Labute approximate surface area is 164 Å². The molecule has 4 rings (SSSR count). The van der Waals surface area contributed by atoms with Gasteiger partial charge in [-0.15, -0.1) is 0 Å². The molecule has 2 heterocycles. The van der Waals surface area contributed by atoms with Gasteiger partial charge in [-0.05, 0) is 31.2 Å². The van der Waals surface area contributed by atoms with E-state index < -0.39 is 6.10 Å². The number of anilines is 1. The fourth-order valence-corrected chi connectivity index (χ4v) is 3.89. The predicted molar refractivity (Wildman–Crippen MR) is 112 cm³/mol. The number of fused-ring (bicyclic) bond motifs is 1. The first-order chi connectivity index (χ1) is 13.6. The topological polar surface area (TPSA) is 61.6 Å². The largest absolute Gasteiger partial charge is 0.390 e. The number of aromatic nitrogens is 2. The monoisotopic (exact) mass is 378 g/mol. The van der Waals surface area contributed by atoms with Gasteiger partial charge < -0.3 is 10.0 Å². The first-order valence-electron chi connectivity index (χ1n) is 9.78. The highest BCUT2D eigenvalue weighted by molar-refractivity contribution is 5.77. The van der Waals surface area contributed by atoms with Crippen LogP contribution in [0.2, 0.25) is 0 Å². The summed E-state index contributed by atoms with van der Waals surface area (Å²) in [5, 5.41) is 11.2. The molecule has 6 heteroatoms. The van der Waals surface area contributed by atoms with Crippen molar-refractivity contribution in [3.05, 3.63) is 70.8 Å². The maximum atomic E-state index is 12.8. The summed E-state index contributed by atoms with van der Waals surface area (Å²) in [5.41, 5.74) is 1.86. The van der Waals surface area contributed by atoms with Crippen LogP contribution in [0.15, 0.2) is 59.4 Å². The average Bonchev–Trinajstić information content (AvgIpc) is 2.72. The van der Waals surface area contributed by atoms with Crippen molar-refractivity contribution in [3.63, 3.8) is 0 Å². The van der Waals surface area contributed by atoms with Gasteiger partial charge in [-0.1, -0.05) is 30.3 Å². The molecule has 0 saturated carbocycles. The minimum atomic E-state index is -0.609. The van der Waals surface area contributed by atoms with E-state index >= 15 is 0 Å². The quantitative estimate of drug-likeness (QED) is 0.735. The summed E-state index contributed by atoms with van der Waals surface area (Å²) < 4.78 is 1.59. The maximum absolute atomic E-state index is 12.8. The highest BCUT2D eigenvalue weighted by Crippen LogP contribution is 2.16. The molecule has 1 N–H and O–H groups in total. The van der Waals surface area contributed by atoms with Gasteiger partial charge in [-0.3, -0.25) is 14.3 Å². The Bertz CT molecular complexity index is 994. The lowest BCUT2D eigenvalue weighted by atomic mass is 10.2. The van der Waals surface area contributed by atoms with Crippen LogP contribution in [-0.2, 0) is 6.54 Å². The molecule has 0 amide bonds. The SMILES string of the molecule is Cc1nc2ccccc2c(=O)n1CC(O)CN1CCN(c2ccccc2)CC1. The van der Waals surface area contributed by atoms with Crippen molar-refractivity contribution in [2.24, 2.45) is 0 Å². The Hall–Kier alpha value is -2.70. The number of hydrogen-bond acceptors (Lipinski definition) is 5. The molecule has 0 radical (unpaired) electrons. The summed E-state index contributed by atoms with van der Waals surface area (Å²) >= 11 is 0. The highest BCUT2D eigenvalue weighted by Gasteiger charge is 2.20. The van der Waals surface area contributed by atoms with Gasteiger partial charge in [0.1, 0.15) is 5.82 Å². The summed E-state index contributed by atoms with van der Waals surface area (Å²) in [5.74, 6) is 0.636. The molecule has 1 aromatic heterocycles. The van der Waals surface area contributed by atoms with Gasteiger partial charge in [0.05, 0.1) is 23.6 Å². The van der Waals surface area contributed by atoms with Crippen molar-refractivity contribution in [2.45, 2.75) is 19.6 Å². The second kappa shape index (κ2) is 8.12. The first kappa shape index (κ1) is 18.7. The molecule has 1 atom stereocenters. The van der Waals surface area contributed by atoms with Crippen LogP contribution in [0.3, 0.4) is 0 Å². The number of para-hydroxylation sites is 2. The molecule has 1 aliphatic rings. The minimum absolute atomic E-state index is 0.0870. The second-order valence-corrected chi connectivity index (χ2v) is 7.37. The molecule has 1 saturated heterocycles. The molecule has 28 heavy (non-hydrogen) atoms. The van der Waals surface area contributed by atoms with Crippen molar-refractivity contribution in [1.29, 1.82) is 0 Å². The van der Waals surface area contributed by atoms with Crippen LogP contribution in [0, 0.1) is 6.92 Å². The van der Waals surface area contributed by atoms with Crippen molar-refractivity contribution < 1.29 is 5.11 Å². The molecular weight excluding hydrogens is 352 g/mol. The molecular formula is C22H26N4O2. The number of aliphatic hydroxyl groups is 1. The molecule has 0 bridgehead atoms. The average molecular weight is 378 g/mol. The Morgan fingerprint density at radius 3 is 2.39 bits per heavy atom. The first-order valence-corrected chi connectivity index (χ1v) is 9.78. The summed E-state index contributed by atoms with van der Waals surface area (Å²) in [6.07, 6.45) is -0.609. The summed E-state index contributed by atoms with van der Waals surface area (Å²) in [6, 6.07) is 17.8. The van der Waals surface area contributed by atoms with E-state index in [4.69, 9.17) is 0 Å². The Balaban J connectivity index is 1.38. The van der Waals surface area contributed by atoms with Gasteiger partial charge in [-0.2, -0.15) is 0 Å². The number of aliphatic hydroxyl groups excluding tert-OH is 1. The summed E-state index contributed by atoms with van der Waals surface area (Å²) in [4.78, 5) is 21.9. The number of rotatable bonds is 5. The van der Waals surface area contributed by atoms with E-state index in [1.807, 2.05) is 31.2 Å². The van der Waals surface area contributed by atoms with E-state index in [0.29, 0.717) is 23.3 Å². The molecule has 6 nitrogen and oxygen atoms in total. The zero-order valence-electron chi connectivity index (χ0n) is 16.2. The van der Waals surface area contributed by atoms with Gasteiger partial charge in [-0.25, -0.2) is 4.98 Å². The van der Waals surface area contributed by atoms with E-state index in [0.717, 1.165) is 26.2 Å². The van der Waals surface area contributed by atoms with Gasteiger partial charge in [0.25, 0.3) is 5.56 Å². The second-order valence-electron chi connectivity index (χ2n) is 7.37. The Kier molecular flexibility index (Phi) is 5.41. The number of piperazine rings is 1. The lowest BCUT2D eigenvalue weighted by Crippen LogP contribution is -2.49. The molecule has 0 spiro atoms. The van der Waals surface area contributed by atoms with E-state index in [1.54, 1.807) is 10.6 Å². The fraction of sp³-hybridized carbons (Fsp3) is 0.364. The van der Waals surface area contributed by atoms with Crippen LogP contribution < -0.4 is 10.5 Å². The number of benzene rings is 2. The number of β-amino-alcohol motifs (C(OH)–C–C–N with tert-alkyl or cyclic N) is 1. The fourth-order valence-electron chi connectivity index (χ4n) is 3.89. The molecule has 1 fully saturated rings. The van der Waals surface area contributed by atoms with Crippen LogP contribution in [0.5, 0.6) is 0 Å². The van der Waals surface area contributed by atoms with Gasteiger partial charge in [0, 0.05) is 38.4 Å². The van der Waals surface area contributed by atoms with Crippen LogP contribution in [0.1, 0.15) is 5.82 Å².